The second-order valence-electron chi connectivity index (χ2n) is 5.87. The molecule has 0 aliphatic carbocycles. The van der Waals surface area contributed by atoms with E-state index in [1.807, 2.05) is 11.6 Å². The predicted molar refractivity (Wildman–Crippen MR) is 75.1 cm³/mol. The molecule has 1 aromatic heterocycles. The molecule has 0 amide bonds. The molecule has 0 saturated carbocycles. The van der Waals surface area contributed by atoms with Crippen LogP contribution in [0.2, 0.25) is 0 Å². The summed E-state index contributed by atoms with van der Waals surface area (Å²) in [5.41, 5.74) is 6.18. The number of hydrogen-bond donors (Lipinski definition) is 2. The van der Waals surface area contributed by atoms with Gasteiger partial charge in [0.25, 0.3) is 0 Å². The van der Waals surface area contributed by atoms with Gasteiger partial charge in [-0.2, -0.15) is 0 Å². The molecule has 0 aliphatic heterocycles. The number of nitrogens with zero attached hydrogens (tertiary/aromatic N) is 1. The molecule has 0 aromatic carbocycles. The van der Waals surface area contributed by atoms with Crippen LogP contribution in [0.5, 0.6) is 0 Å². The van der Waals surface area contributed by atoms with Gasteiger partial charge in [-0.25, -0.2) is 4.98 Å². The Hall–Kier alpha value is -0.450. The van der Waals surface area contributed by atoms with Gasteiger partial charge < -0.3 is 11.1 Å². The fourth-order valence-corrected chi connectivity index (χ4v) is 2.65. The lowest BCUT2D eigenvalue weighted by Crippen LogP contribution is -2.32. The minimum atomic E-state index is 0.323. The molecule has 98 valence electrons. The van der Waals surface area contributed by atoms with Crippen molar-refractivity contribution < 1.29 is 0 Å². The lowest BCUT2D eigenvalue weighted by molar-refractivity contribution is 0.284. The molecular formula is C13H25N3S. The molecular weight excluding hydrogens is 230 g/mol. The van der Waals surface area contributed by atoms with Crippen molar-refractivity contribution in [2.45, 2.75) is 40.2 Å². The third-order valence-electron chi connectivity index (χ3n) is 2.77. The van der Waals surface area contributed by atoms with E-state index in [4.69, 9.17) is 5.73 Å². The number of hydrogen-bond acceptors (Lipinski definition) is 4. The summed E-state index contributed by atoms with van der Waals surface area (Å²) in [5, 5.41) is 6.69. The van der Waals surface area contributed by atoms with Gasteiger partial charge in [0.1, 0.15) is 5.01 Å². The summed E-state index contributed by atoms with van der Waals surface area (Å²) in [6.45, 7) is 10.7. The number of nitrogens with one attached hydrogen (secondary N) is 1. The lowest BCUT2D eigenvalue weighted by atomic mass is 9.84. The molecule has 1 aromatic rings. The minimum Gasteiger partial charge on any atom is -0.330 e. The van der Waals surface area contributed by atoms with Gasteiger partial charge in [-0.05, 0) is 37.8 Å². The van der Waals surface area contributed by atoms with Gasteiger partial charge >= 0.3 is 0 Å². The van der Waals surface area contributed by atoms with Gasteiger partial charge in [0.05, 0.1) is 6.04 Å². The Labute approximate surface area is 109 Å². The standard InChI is InChI=1S/C13H25N3S/c1-10(12-15-5-6-17-12)16-9-11(8-14)7-13(2,3)4/h5-6,10-11,16H,7-9,14H2,1-4H3. The Balaban J connectivity index is 2.37. The zero-order valence-corrected chi connectivity index (χ0v) is 12.2. The molecule has 0 saturated heterocycles. The van der Waals surface area contributed by atoms with Crippen LogP contribution in [0.25, 0.3) is 0 Å². The number of rotatable bonds is 6. The molecule has 0 bridgehead atoms. The van der Waals surface area contributed by atoms with E-state index in [1.165, 1.54) is 0 Å². The first-order chi connectivity index (χ1) is 7.92. The summed E-state index contributed by atoms with van der Waals surface area (Å²) in [7, 11) is 0. The van der Waals surface area contributed by atoms with Gasteiger partial charge in [0.15, 0.2) is 0 Å². The second kappa shape index (κ2) is 6.47. The van der Waals surface area contributed by atoms with E-state index in [0.29, 0.717) is 17.4 Å². The van der Waals surface area contributed by atoms with Crippen LogP contribution in [0.4, 0.5) is 0 Å². The Morgan fingerprint density at radius 2 is 2.18 bits per heavy atom. The maximum Gasteiger partial charge on any atom is 0.109 e. The number of nitrogens with two attached hydrogens (primary N) is 1. The van der Waals surface area contributed by atoms with Crippen molar-refractivity contribution >= 4 is 11.3 Å². The van der Waals surface area contributed by atoms with Gasteiger partial charge in [-0.15, -0.1) is 11.3 Å². The highest BCUT2D eigenvalue weighted by atomic mass is 32.1. The Bertz CT molecular complexity index is 303. The van der Waals surface area contributed by atoms with Crippen LogP contribution in [0.3, 0.4) is 0 Å². The fraction of sp³-hybridized carbons (Fsp3) is 0.769. The van der Waals surface area contributed by atoms with Crippen LogP contribution in [-0.2, 0) is 0 Å². The van der Waals surface area contributed by atoms with E-state index in [1.54, 1.807) is 11.3 Å². The van der Waals surface area contributed by atoms with Crippen molar-refractivity contribution in [3.63, 3.8) is 0 Å². The van der Waals surface area contributed by atoms with Crippen LogP contribution >= 0.6 is 11.3 Å². The molecule has 0 spiro atoms. The zero-order valence-electron chi connectivity index (χ0n) is 11.4. The van der Waals surface area contributed by atoms with E-state index >= 15 is 0 Å². The van der Waals surface area contributed by atoms with E-state index in [9.17, 15) is 0 Å². The average Bonchev–Trinajstić information content (AvgIpc) is 2.75. The summed E-state index contributed by atoms with van der Waals surface area (Å²) >= 11 is 1.70. The second-order valence-corrected chi connectivity index (χ2v) is 6.79. The highest BCUT2D eigenvalue weighted by Crippen LogP contribution is 2.24. The highest BCUT2D eigenvalue weighted by Gasteiger charge is 2.18. The molecule has 3 N–H and O–H groups in total. The van der Waals surface area contributed by atoms with Crippen LogP contribution in [-0.4, -0.2) is 18.1 Å². The number of thiazole rings is 1. The summed E-state index contributed by atoms with van der Waals surface area (Å²) in [6, 6.07) is 0.323. The van der Waals surface area contributed by atoms with Crippen LogP contribution in [0.1, 0.15) is 45.2 Å². The minimum absolute atomic E-state index is 0.323. The van der Waals surface area contributed by atoms with Crippen molar-refractivity contribution in [2.75, 3.05) is 13.1 Å². The van der Waals surface area contributed by atoms with Crippen molar-refractivity contribution in [3.8, 4) is 0 Å². The third kappa shape index (κ3) is 5.61. The fourth-order valence-electron chi connectivity index (χ4n) is 1.98. The molecule has 3 nitrogen and oxygen atoms in total. The summed E-state index contributed by atoms with van der Waals surface area (Å²) in [5.74, 6) is 0.539. The molecule has 1 rings (SSSR count). The first-order valence-corrected chi connectivity index (χ1v) is 7.13. The van der Waals surface area contributed by atoms with Gasteiger partial charge in [-0.1, -0.05) is 20.8 Å². The average molecular weight is 255 g/mol. The Morgan fingerprint density at radius 1 is 1.47 bits per heavy atom. The maximum absolute atomic E-state index is 5.83. The maximum atomic E-state index is 5.83. The quantitative estimate of drug-likeness (QED) is 0.822. The van der Waals surface area contributed by atoms with E-state index < -0.39 is 0 Å². The van der Waals surface area contributed by atoms with Crippen LogP contribution in [0.15, 0.2) is 11.6 Å². The smallest absolute Gasteiger partial charge is 0.109 e. The predicted octanol–water partition coefficient (Wildman–Crippen LogP) is 2.80. The molecule has 4 heteroatoms. The van der Waals surface area contributed by atoms with Crippen molar-refractivity contribution in [1.82, 2.24) is 10.3 Å². The van der Waals surface area contributed by atoms with Crippen LogP contribution < -0.4 is 11.1 Å². The van der Waals surface area contributed by atoms with Gasteiger partial charge in [-0.3, -0.25) is 0 Å². The first-order valence-electron chi connectivity index (χ1n) is 6.25. The molecule has 17 heavy (non-hydrogen) atoms. The molecule has 0 radical (unpaired) electrons. The molecule has 2 atom stereocenters. The molecule has 1 heterocycles. The lowest BCUT2D eigenvalue weighted by Gasteiger charge is -2.26. The van der Waals surface area contributed by atoms with Crippen molar-refractivity contribution in [2.24, 2.45) is 17.1 Å². The molecule has 0 fully saturated rings. The normalized spacial score (nSPS) is 15.8. The van der Waals surface area contributed by atoms with Crippen LogP contribution in [0, 0.1) is 11.3 Å². The van der Waals surface area contributed by atoms with E-state index in [0.717, 1.165) is 24.5 Å². The Kier molecular flexibility index (Phi) is 5.56. The van der Waals surface area contributed by atoms with E-state index in [2.05, 4.69) is 38.0 Å². The third-order valence-corrected chi connectivity index (χ3v) is 3.73. The first kappa shape index (κ1) is 14.6. The molecule has 0 aliphatic rings. The zero-order chi connectivity index (χ0) is 12.9. The van der Waals surface area contributed by atoms with Crippen molar-refractivity contribution in [3.05, 3.63) is 16.6 Å². The summed E-state index contributed by atoms with van der Waals surface area (Å²) < 4.78 is 0. The number of aromatic nitrogens is 1. The van der Waals surface area contributed by atoms with E-state index in [-0.39, 0.29) is 0 Å². The SMILES string of the molecule is CC(NCC(CN)CC(C)(C)C)c1nccs1. The summed E-state index contributed by atoms with van der Waals surface area (Å²) in [4.78, 5) is 4.32. The van der Waals surface area contributed by atoms with Gasteiger partial charge in [0.2, 0.25) is 0 Å². The topological polar surface area (TPSA) is 50.9 Å². The summed E-state index contributed by atoms with van der Waals surface area (Å²) in [6.07, 6.45) is 3.01. The Morgan fingerprint density at radius 3 is 2.65 bits per heavy atom. The highest BCUT2D eigenvalue weighted by molar-refractivity contribution is 7.09. The largest absolute Gasteiger partial charge is 0.330 e. The van der Waals surface area contributed by atoms with Gasteiger partial charge in [0, 0.05) is 11.6 Å². The molecule has 2 unspecified atom stereocenters. The van der Waals surface area contributed by atoms with Crippen molar-refractivity contribution in [1.29, 1.82) is 0 Å². The monoisotopic (exact) mass is 255 g/mol.